The first-order valence-electron chi connectivity index (χ1n) is 10.3. The number of carbonyl (C=O) groups is 2. The summed E-state index contributed by atoms with van der Waals surface area (Å²) in [5, 5.41) is 12.8. The number of nitrogens with zero attached hydrogens (tertiary/aromatic N) is 3. The zero-order valence-electron chi connectivity index (χ0n) is 17.1. The molecule has 3 heterocycles. The molecule has 0 bridgehead atoms. The highest BCUT2D eigenvalue weighted by molar-refractivity contribution is 6.03. The third-order valence-corrected chi connectivity index (χ3v) is 6.15. The molecule has 7 nitrogen and oxygen atoms in total. The maximum absolute atomic E-state index is 13.6. The van der Waals surface area contributed by atoms with Gasteiger partial charge in [0.1, 0.15) is 5.82 Å². The van der Waals surface area contributed by atoms with Crippen LogP contribution in [0, 0.1) is 5.82 Å². The molecule has 5 rings (SSSR count). The van der Waals surface area contributed by atoms with Crippen LogP contribution in [0.15, 0.2) is 73.1 Å². The molecule has 3 aromatic rings. The van der Waals surface area contributed by atoms with Crippen molar-refractivity contribution in [2.75, 3.05) is 23.4 Å². The van der Waals surface area contributed by atoms with Gasteiger partial charge in [-0.1, -0.05) is 24.3 Å². The van der Waals surface area contributed by atoms with Crippen LogP contribution in [0.3, 0.4) is 0 Å². The first-order valence-corrected chi connectivity index (χ1v) is 10.3. The molecule has 0 spiro atoms. The fourth-order valence-corrected chi connectivity index (χ4v) is 4.75. The maximum Gasteiger partial charge on any atom is 0.326 e. The zero-order valence-corrected chi connectivity index (χ0v) is 17.1. The van der Waals surface area contributed by atoms with Crippen LogP contribution >= 0.6 is 0 Å². The minimum atomic E-state index is -0.445. The van der Waals surface area contributed by atoms with Crippen molar-refractivity contribution in [1.29, 1.82) is 0 Å². The summed E-state index contributed by atoms with van der Waals surface area (Å²) in [5.74, 6) is -0.766. The van der Waals surface area contributed by atoms with Gasteiger partial charge in [0, 0.05) is 36.2 Å². The molecule has 0 unspecified atom stereocenters. The van der Waals surface area contributed by atoms with E-state index in [0.29, 0.717) is 11.3 Å². The lowest BCUT2D eigenvalue weighted by Gasteiger charge is -2.58. The van der Waals surface area contributed by atoms with E-state index < -0.39 is 11.8 Å². The summed E-state index contributed by atoms with van der Waals surface area (Å²) in [6.45, 7) is 0.0717. The Bertz CT molecular complexity index is 1170. The molecule has 0 aliphatic carbocycles. The number of likely N-dealkylation sites (tertiary alicyclic amines) is 1. The number of benzene rings is 2. The highest BCUT2D eigenvalue weighted by Crippen LogP contribution is 2.48. The molecule has 2 aliphatic rings. The van der Waals surface area contributed by atoms with Crippen LogP contribution in [-0.2, 0) is 0 Å². The van der Waals surface area contributed by atoms with Gasteiger partial charge in [-0.15, -0.1) is 0 Å². The van der Waals surface area contributed by atoms with Gasteiger partial charge < -0.3 is 15.3 Å². The quantitative estimate of drug-likeness (QED) is 0.665. The van der Waals surface area contributed by atoms with Gasteiger partial charge >= 0.3 is 6.03 Å². The van der Waals surface area contributed by atoms with Gasteiger partial charge in [-0.2, -0.15) is 0 Å². The van der Waals surface area contributed by atoms with Crippen LogP contribution in [0.1, 0.15) is 21.8 Å². The van der Waals surface area contributed by atoms with Gasteiger partial charge in [-0.3, -0.25) is 14.7 Å². The van der Waals surface area contributed by atoms with Crippen LogP contribution < -0.4 is 10.2 Å². The lowest BCUT2D eigenvalue weighted by molar-refractivity contribution is -0.0241. The van der Waals surface area contributed by atoms with Crippen molar-refractivity contribution in [3.05, 3.63) is 90.0 Å². The molecular weight excluding hydrogens is 411 g/mol. The monoisotopic (exact) mass is 432 g/mol. The molecule has 3 amide bonds. The van der Waals surface area contributed by atoms with Crippen molar-refractivity contribution >= 4 is 23.3 Å². The van der Waals surface area contributed by atoms with Crippen molar-refractivity contribution in [3.63, 3.8) is 0 Å². The van der Waals surface area contributed by atoms with Crippen molar-refractivity contribution in [3.8, 4) is 0 Å². The number of hydrogen-bond donors (Lipinski definition) is 2. The zero-order chi connectivity index (χ0) is 22.2. The Hall–Kier alpha value is -3.78. The summed E-state index contributed by atoms with van der Waals surface area (Å²) in [7, 11) is 0. The fourth-order valence-electron chi connectivity index (χ4n) is 4.75. The first kappa shape index (κ1) is 20.1. The highest BCUT2D eigenvalue weighted by atomic mass is 19.1. The molecule has 8 heteroatoms. The topological polar surface area (TPSA) is 85.8 Å². The van der Waals surface area contributed by atoms with Gasteiger partial charge in [0.25, 0.3) is 5.91 Å². The Labute approximate surface area is 184 Å². The second kappa shape index (κ2) is 8.05. The standard InChI is InChI=1S/C24H21FN4O3/c25-16-6-3-7-17(11-16)27-24(32)28-13-20-22(18-8-1-2-9-19(18)28)21(14-30)29(20)23(31)15-5-4-10-26-12-15/h1-12,20-22,30H,13-14H2,(H,27,32)/t20-,21-,22+/m0/s1. The van der Waals surface area contributed by atoms with E-state index >= 15 is 0 Å². The number of halogens is 1. The minimum absolute atomic E-state index is 0.0879. The second-order valence-corrected chi connectivity index (χ2v) is 7.91. The van der Waals surface area contributed by atoms with Gasteiger partial charge in [0.2, 0.25) is 0 Å². The molecule has 1 saturated heterocycles. The number of aliphatic hydroxyl groups excluding tert-OH is 1. The number of nitrogens with one attached hydrogen (secondary N) is 1. The number of carbonyl (C=O) groups excluding carboxylic acids is 2. The molecule has 2 aliphatic heterocycles. The number of urea groups is 1. The summed E-state index contributed by atoms with van der Waals surface area (Å²) < 4.78 is 13.6. The molecule has 2 N–H and O–H groups in total. The van der Waals surface area contributed by atoms with Crippen LogP contribution in [0.5, 0.6) is 0 Å². The van der Waals surface area contributed by atoms with Crippen LogP contribution in [0.4, 0.5) is 20.6 Å². The molecule has 162 valence electrons. The van der Waals surface area contributed by atoms with E-state index in [4.69, 9.17) is 0 Å². The number of anilines is 2. The average Bonchev–Trinajstić information content (AvgIpc) is 2.80. The Balaban J connectivity index is 1.47. The average molecular weight is 432 g/mol. The summed E-state index contributed by atoms with van der Waals surface area (Å²) in [6.07, 6.45) is 3.09. The van der Waals surface area contributed by atoms with Crippen LogP contribution in [0.2, 0.25) is 0 Å². The van der Waals surface area contributed by atoms with E-state index in [2.05, 4.69) is 10.3 Å². The third-order valence-electron chi connectivity index (χ3n) is 6.15. The lowest BCUT2D eigenvalue weighted by atomic mass is 9.71. The molecule has 0 radical (unpaired) electrons. The molecule has 0 saturated carbocycles. The molecule has 1 aromatic heterocycles. The van der Waals surface area contributed by atoms with Crippen LogP contribution in [0.25, 0.3) is 0 Å². The Morgan fingerprint density at radius 3 is 2.72 bits per heavy atom. The third kappa shape index (κ3) is 3.29. The Kier molecular flexibility index (Phi) is 5.07. The molecule has 3 atom stereocenters. The smallest absolute Gasteiger partial charge is 0.326 e. The molecule has 2 aromatic carbocycles. The van der Waals surface area contributed by atoms with E-state index in [1.54, 1.807) is 34.2 Å². The molecule has 32 heavy (non-hydrogen) atoms. The number of amides is 3. The SMILES string of the molecule is O=C(Nc1cccc(F)c1)N1C[C@H]2[C@@H](c3ccccc31)[C@H](CO)N2C(=O)c1cccnc1. The maximum atomic E-state index is 13.6. The summed E-state index contributed by atoms with van der Waals surface area (Å²) in [4.78, 5) is 33.6. The molecule has 1 fully saturated rings. The number of fused-ring (bicyclic) bond motifs is 3. The van der Waals surface area contributed by atoms with E-state index in [1.807, 2.05) is 24.3 Å². The fraction of sp³-hybridized carbons (Fsp3) is 0.208. The normalized spacial score (nSPS) is 21.2. The van der Waals surface area contributed by atoms with Crippen molar-refractivity contribution in [2.24, 2.45) is 0 Å². The summed E-state index contributed by atoms with van der Waals surface area (Å²) >= 11 is 0. The lowest BCUT2D eigenvalue weighted by Crippen LogP contribution is -2.71. The number of aromatic nitrogens is 1. The summed E-state index contributed by atoms with van der Waals surface area (Å²) in [5.41, 5.74) is 2.39. The van der Waals surface area contributed by atoms with E-state index in [-0.39, 0.29) is 37.1 Å². The van der Waals surface area contributed by atoms with Gasteiger partial charge in [0.05, 0.1) is 24.3 Å². The minimum Gasteiger partial charge on any atom is -0.394 e. The number of rotatable bonds is 3. The van der Waals surface area contributed by atoms with Gasteiger partial charge in [-0.05, 0) is 42.0 Å². The largest absolute Gasteiger partial charge is 0.394 e. The van der Waals surface area contributed by atoms with E-state index in [9.17, 15) is 19.1 Å². The highest BCUT2D eigenvalue weighted by Gasteiger charge is 2.55. The van der Waals surface area contributed by atoms with Crippen LogP contribution in [-0.4, -0.2) is 52.2 Å². The number of para-hydroxylation sites is 1. The number of aliphatic hydroxyl groups is 1. The predicted molar refractivity (Wildman–Crippen MR) is 117 cm³/mol. The van der Waals surface area contributed by atoms with Crippen molar-refractivity contribution < 1.29 is 19.1 Å². The van der Waals surface area contributed by atoms with Gasteiger partial charge in [0.15, 0.2) is 0 Å². The summed E-state index contributed by atoms with van der Waals surface area (Å²) in [6, 6.07) is 15.5. The first-order chi connectivity index (χ1) is 15.6. The van der Waals surface area contributed by atoms with E-state index in [1.165, 1.54) is 24.4 Å². The van der Waals surface area contributed by atoms with Crippen molar-refractivity contribution in [1.82, 2.24) is 9.88 Å². The second-order valence-electron chi connectivity index (χ2n) is 7.91. The Morgan fingerprint density at radius 1 is 1.12 bits per heavy atom. The van der Waals surface area contributed by atoms with Crippen molar-refractivity contribution in [2.45, 2.75) is 18.0 Å². The Morgan fingerprint density at radius 2 is 1.97 bits per heavy atom. The number of hydrogen-bond acceptors (Lipinski definition) is 4. The predicted octanol–water partition coefficient (Wildman–Crippen LogP) is 3.24. The van der Waals surface area contributed by atoms with E-state index in [0.717, 1.165) is 11.3 Å². The van der Waals surface area contributed by atoms with Gasteiger partial charge in [-0.25, -0.2) is 9.18 Å². The molecular formula is C24H21FN4O3. The number of pyridine rings is 1.